The van der Waals surface area contributed by atoms with Crippen molar-refractivity contribution in [3.05, 3.63) is 30.1 Å². The molecule has 2 amide bonds. The van der Waals surface area contributed by atoms with Crippen LogP contribution in [-0.4, -0.2) is 72.7 Å². The Labute approximate surface area is 174 Å². The fourth-order valence-electron chi connectivity index (χ4n) is 3.07. The first-order valence-electron chi connectivity index (χ1n) is 9.58. The van der Waals surface area contributed by atoms with Crippen LogP contribution in [0.25, 0.3) is 0 Å². The van der Waals surface area contributed by atoms with E-state index in [1.54, 1.807) is 13.8 Å². The average Bonchev–Trinajstić information content (AvgIpc) is 2.70. The van der Waals surface area contributed by atoms with Crippen molar-refractivity contribution in [1.82, 2.24) is 14.5 Å². The van der Waals surface area contributed by atoms with Gasteiger partial charge in [-0.1, -0.05) is 13.8 Å². The second-order valence-electron chi connectivity index (χ2n) is 7.37. The lowest BCUT2D eigenvalue weighted by Crippen LogP contribution is -2.50. The summed E-state index contributed by atoms with van der Waals surface area (Å²) in [5, 5.41) is 11.5. The Morgan fingerprint density at radius 3 is 2.13 bits per heavy atom. The number of piperazine rings is 1. The third-order valence-electron chi connectivity index (χ3n) is 4.86. The molecule has 9 nitrogen and oxygen atoms in total. The van der Waals surface area contributed by atoms with E-state index in [4.69, 9.17) is 5.11 Å². The van der Waals surface area contributed by atoms with Gasteiger partial charge in [0.1, 0.15) is 11.9 Å². The summed E-state index contributed by atoms with van der Waals surface area (Å²) in [6.45, 7) is 3.86. The van der Waals surface area contributed by atoms with Crippen LogP contribution in [0.4, 0.5) is 4.39 Å². The van der Waals surface area contributed by atoms with Crippen molar-refractivity contribution in [2.24, 2.45) is 5.92 Å². The van der Waals surface area contributed by atoms with Gasteiger partial charge >= 0.3 is 5.97 Å². The first kappa shape index (κ1) is 23.7. The van der Waals surface area contributed by atoms with Gasteiger partial charge in [-0.3, -0.25) is 9.59 Å². The number of sulfonamides is 1. The molecule has 1 unspecified atom stereocenters. The van der Waals surface area contributed by atoms with Crippen LogP contribution < -0.4 is 5.32 Å². The van der Waals surface area contributed by atoms with Crippen LogP contribution in [0.15, 0.2) is 29.2 Å². The van der Waals surface area contributed by atoms with Crippen molar-refractivity contribution in [2.45, 2.75) is 37.6 Å². The minimum absolute atomic E-state index is 0.0153. The molecule has 0 aliphatic carbocycles. The van der Waals surface area contributed by atoms with Gasteiger partial charge in [0.05, 0.1) is 4.90 Å². The van der Waals surface area contributed by atoms with E-state index in [2.05, 4.69) is 5.32 Å². The number of hydrogen-bond donors (Lipinski definition) is 2. The number of carboxylic acid groups (broad SMARTS) is 1. The largest absolute Gasteiger partial charge is 0.480 e. The summed E-state index contributed by atoms with van der Waals surface area (Å²) in [6.07, 6.45) is -0.246. The lowest BCUT2D eigenvalue weighted by Gasteiger charge is -2.34. The second-order valence-corrected chi connectivity index (χ2v) is 9.30. The summed E-state index contributed by atoms with van der Waals surface area (Å²) in [5.74, 6) is -2.79. The van der Waals surface area contributed by atoms with E-state index in [9.17, 15) is 27.2 Å². The van der Waals surface area contributed by atoms with Gasteiger partial charge in [-0.2, -0.15) is 4.31 Å². The molecule has 0 saturated carbocycles. The molecule has 1 atom stereocenters. The predicted octanol–water partition coefficient (Wildman–Crippen LogP) is 0.664. The normalized spacial score (nSPS) is 16.3. The van der Waals surface area contributed by atoms with Gasteiger partial charge in [-0.25, -0.2) is 17.6 Å². The highest BCUT2D eigenvalue weighted by molar-refractivity contribution is 7.89. The quantitative estimate of drug-likeness (QED) is 0.608. The van der Waals surface area contributed by atoms with Crippen LogP contribution in [0.3, 0.4) is 0 Å². The van der Waals surface area contributed by atoms with Gasteiger partial charge in [0, 0.05) is 39.0 Å². The molecule has 0 radical (unpaired) electrons. The van der Waals surface area contributed by atoms with Gasteiger partial charge in [0.15, 0.2) is 0 Å². The lowest BCUT2D eigenvalue weighted by atomic mass is 10.0. The molecule has 1 fully saturated rings. The Kier molecular flexibility index (Phi) is 7.90. The second kappa shape index (κ2) is 9.98. The van der Waals surface area contributed by atoms with Crippen LogP contribution in [0.5, 0.6) is 0 Å². The Balaban J connectivity index is 1.84. The number of amides is 2. The standard InChI is InChI=1S/C19H26FN3O6S/c1-13(2)18(19(26)27)21-16(24)7-8-17(25)22-9-11-23(12-10-22)30(28,29)15-5-3-14(20)4-6-15/h3-6,13,18H,7-12H2,1-2H3,(H,21,24)(H,26,27). The van der Waals surface area contributed by atoms with Crippen molar-refractivity contribution in [2.75, 3.05) is 26.2 Å². The fourth-order valence-corrected chi connectivity index (χ4v) is 4.49. The lowest BCUT2D eigenvalue weighted by molar-refractivity contribution is -0.143. The van der Waals surface area contributed by atoms with Crippen LogP contribution in [0, 0.1) is 11.7 Å². The van der Waals surface area contributed by atoms with Crippen LogP contribution >= 0.6 is 0 Å². The average molecular weight is 443 g/mol. The minimum Gasteiger partial charge on any atom is -0.480 e. The molecule has 1 aliphatic rings. The predicted molar refractivity (Wildman–Crippen MR) is 105 cm³/mol. The van der Waals surface area contributed by atoms with Crippen molar-refractivity contribution in [1.29, 1.82) is 0 Å². The number of rotatable bonds is 8. The van der Waals surface area contributed by atoms with E-state index in [0.29, 0.717) is 0 Å². The van der Waals surface area contributed by atoms with E-state index in [1.807, 2.05) is 0 Å². The zero-order valence-corrected chi connectivity index (χ0v) is 17.7. The van der Waals surface area contributed by atoms with Gasteiger partial charge in [-0.15, -0.1) is 0 Å². The molecule has 166 valence electrons. The number of carboxylic acids is 1. The number of carbonyl (C=O) groups is 3. The fraction of sp³-hybridized carbons (Fsp3) is 0.526. The highest BCUT2D eigenvalue weighted by Crippen LogP contribution is 2.18. The minimum atomic E-state index is -3.77. The number of benzene rings is 1. The first-order valence-corrected chi connectivity index (χ1v) is 11.0. The molecule has 2 N–H and O–H groups in total. The van der Waals surface area contributed by atoms with Crippen LogP contribution in [0.2, 0.25) is 0 Å². The van der Waals surface area contributed by atoms with Crippen molar-refractivity contribution in [3.8, 4) is 0 Å². The van der Waals surface area contributed by atoms with Gasteiger partial charge < -0.3 is 15.3 Å². The molecule has 11 heteroatoms. The monoisotopic (exact) mass is 443 g/mol. The zero-order chi connectivity index (χ0) is 22.5. The maximum Gasteiger partial charge on any atom is 0.326 e. The number of aliphatic carboxylic acids is 1. The molecular weight excluding hydrogens is 417 g/mol. The molecule has 1 heterocycles. The summed E-state index contributed by atoms with van der Waals surface area (Å²) in [6, 6.07) is 3.52. The van der Waals surface area contributed by atoms with E-state index in [0.717, 1.165) is 12.1 Å². The van der Waals surface area contributed by atoms with E-state index >= 15 is 0 Å². The van der Waals surface area contributed by atoms with Gasteiger partial charge in [0.25, 0.3) is 0 Å². The number of carbonyl (C=O) groups excluding carboxylic acids is 2. The number of nitrogens with one attached hydrogen (secondary N) is 1. The summed E-state index contributed by atoms with van der Waals surface area (Å²) in [4.78, 5) is 36.9. The highest BCUT2D eigenvalue weighted by Gasteiger charge is 2.30. The Hall–Kier alpha value is -2.53. The Morgan fingerprint density at radius 2 is 1.63 bits per heavy atom. The van der Waals surface area contributed by atoms with E-state index < -0.39 is 33.8 Å². The van der Waals surface area contributed by atoms with E-state index in [1.165, 1.54) is 21.3 Å². The maximum absolute atomic E-state index is 13.0. The topological polar surface area (TPSA) is 124 Å². The smallest absolute Gasteiger partial charge is 0.326 e. The Bertz CT molecular complexity index is 880. The van der Waals surface area contributed by atoms with Gasteiger partial charge in [0.2, 0.25) is 21.8 Å². The molecule has 2 rings (SSSR count). The summed E-state index contributed by atoms with van der Waals surface area (Å²) in [7, 11) is -3.77. The maximum atomic E-state index is 13.0. The van der Waals surface area contributed by atoms with Crippen molar-refractivity contribution >= 4 is 27.8 Å². The third kappa shape index (κ3) is 5.99. The molecular formula is C19H26FN3O6S. The molecule has 1 saturated heterocycles. The van der Waals surface area contributed by atoms with Gasteiger partial charge in [-0.05, 0) is 30.2 Å². The van der Waals surface area contributed by atoms with Crippen LogP contribution in [-0.2, 0) is 24.4 Å². The Morgan fingerprint density at radius 1 is 1.07 bits per heavy atom. The van der Waals surface area contributed by atoms with Crippen LogP contribution in [0.1, 0.15) is 26.7 Å². The SMILES string of the molecule is CC(C)C(NC(=O)CCC(=O)N1CCN(S(=O)(=O)c2ccc(F)cc2)CC1)C(=O)O. The third-order valence-corrected chi connectivity index (χ3v) is 6.77. The number of nitrogens with zero attached hydrogens (tertiary/aromatic N) is 2. The zero-order valence-electron chi connectivity index (χ0n) is 16.9. The summed E-state index contributed by atoms with van der Waals surface area (Å²) < 4.78 is 39.5. The molecule has 0 bridgehead atoms. The molecule has 0 spiro atoms. The number of hydrogen-bond acceptors (Lipinski definition) is 5. The summed E-state index contributed by atoms with van der Waals surface area (Å²) in [5.41, 5.74) is 0. The molecule has 30 heavy (non-hydrogen) atoms. The highest BCUT2D eigenvalue weighted by atomic mass is 32.2. The molecule has 1 aliphatic heterocycles. The number of halogens is 1. The molecule has 1 aromatic carbocycles. The molecule has 0 aromatic heterocycles. The van der Waals surface area contributed by atoms with E-state index in [-0.39, 0.29) is 55.7 Å². The van der Waals surface area contributed by atoms with Crippen molar-refractivity contribution < 1.29 is 32.3 Å². The van der Waals surface area contributed by atoms with Crippen molar-refractivity contribution in [3.63, 3.8) is 0 Å². The summed E-state index contributed by atoms with van der Waals surface area (Å²) >= 11 is 0. The first-order chi connectivity index (χ1) is 14.0. The molecule has 1 aromatic rings.